The Morgan fingerprint density at radius 3 is 2.77 bits per heavy atom. The molecule has 1 atom stereocenters. The van der Waals surface area contributed by atoms with E-state index in [9.17, 15) is 0 Å². The Morgan fingerprint density at radius 2 is 1.95 bits per heavy atom. The molecule has 0 bridgehead atoms. The zero-order chi connectivity index (χ0) is 15.2. The molecule has 2 saturated heterocycles. The van der Waals surface area contributed by atoms with E-state index in [2.05, 4.69) is 46.4 Å². The van der Waals surface area contributed by atoms with Crippen molar-refractivity contribution in [2.45, 2.75) is 12.6 Å². The lowest BCUT2D eigenvalue weighted by molar-refractivity contribution is -0.0182. The fourth-order valence-corrected chi connectivity index (χ4v) is 3.13. The van der Waals surface area contributed by atoms with Crippen molar-refractivity contribution in [3.8, 4) is 0 Å². The standard InChI is InChI=1S/C17H27N3O2/c1-19-6-11-22-16(14-19)13-18-12-15-4-2-3-5-17(15)20-7-9-21-10-8-20/h2-5,16,18H,6-14H2,1H3. The van der Waals surface area contributed by atoms with Crippen LogP contribution >= 0.6 is 0 Å². The Balaban J connectivity index is 1.53. The molecule has 0 aliphatic carbocycles. The van der Waals surface area contributed by atoms with E-state index in [0.29, 0.717) is 6.10 Å². The van der Waals surface area contributed by atoms with Gasteiger partial charge in [-0.25, -0.2) is 0 Å². The lowest BCUT2D eigenvalue weighted by Crippen LogP contribution is -2.44. The molecule has 2 aliphatic heterocycles. The highest BCUT2D eigenvalue weighted by atomic mass is 16.5. The van der Waals surface area contributed by atoms with Crippen LogP contribution in [0.4, 0.5) is 5.69 Å². The Bertz CT molecular complexity index is 463. The lowest BCUT2D eigenvalue weighted by atomic mass is 10.1. The molecule has 0 radical (unpaired) electrons. The Labute approximate surface area is 133 Å². The predicted molar refractivity (Wildman–Crippen MR) is 88.4 cm³/mol. The summed E-state index contributed by atoms with van der Waals surface area (Å²) in [6.45, 7) is 8.29. The first-order valence-corrected chi connectivity index (χ1v) is 8.24. The van der Waals surface area contributed by atoms with Crippen LogP contribution in [0.1, 0.15) is 5.56 Å². The highest BCUT2D eigenvalue weighted by Gasteiger charge is 2.18. The largest absolute Gasteiger partial charge is 0.378 e. The lowest BCUT2D eigenvalue weighted by Gasteiger charge is -2.31. The van der Waals surface area contributed by atoms with E-state index in [1.54, 1.807) is 0 Å². The van der Waals surface area contributed by atoms with Crippen LogP contribution in [0.2, 0.25) is 0 Å². The van der Waals surface area contributed by atoms with Gasteiger partial charge in [-0.15, -0.1) is 0 Å². The highest BCUT2D eigenvalue weighted by molar-refractivity contribution is 5.53. The van der Waals surface area contributed by atoms with Gasteiger partial charge in [0, 0.05) is 45.0 Å². The van der Waals surface area contributed by atoms with Gasteiger partial charge in [-0.2, -0.15) is 0 Å². The molecule has 5 nitrogen and oxygen atoms in total. The van der Waals surface area contributed by atoms with Crippen molar-refractivity contribution < 1.29 is 9.47 Å². The molecule has 0 aromatic heterocycles. The summed E-state index contributed by atoms with van der Waals surface area (Å²) in [4.78, 5) is 4.75. The first kappa shape index (κ1) is 15.7. The third-order valence-corrected chi connectivity index (χ3v) is 4.37. The van der Waals surface area contributed by atoms with Gasteiger partial charge in [0.15, 0.2) is 0 Å². The van der Waals surface area contributed by atoms with Crippen molar-refractivity contribution in [3.05, 3.63) is 29.8 Å². The van der Waals surface area contributed by atoms with E-state index in [4.69, 9.17) is 9.47 Å². The topological polar surface area (TPSA) is 37.0 Å². The minimum atomic E-state index is 0.300. The van der Waals surface area contributed by atoms with Crippen molar-refractivity contribution in [3.63, 3.8) is 0 Å². The van der Waals surface area contributed by atoms with Crippen molar-refractivity contribution in [1.82, 2.24) is 10.2 Å². The maximum atomic E-state index is 5.80. The Kier molecular flexibility index (Phi) is 5.67. The molecule has 2 fully saturated rings. The molecular weight excluding hydrogens is 278 g/mol. The summed E-state index contributed by atoms with van der Waals surface area (Å²) in [6.07, 6.45) is 0.300. The predicted octanol–water partition coefficient (Wildman–Crippen LogP) is 0.943. The number of morpholine rings is 2. The average molecular weight is 305 g/mol. The summed E-state index contributed by atoms with van der Waals surface area (Å²) in [5.74, 6) is 0. The van der Waals surface area contributed by atoms with E-state index >= 15 is 0 Å². The van der Waals surface area contributed by atoms with Crippen molar-refractivity contribution in [2.24, 2.45) is 0 Å². The Hall–Kier alpha value is -1.14. The first-order valence-electron chi connectivity index (χ1n) is 8.24. The van der Waals surface area contributed by atoms with Crippen molar-refractivity contribution >= 4 is 5.69 Å². The van der Waals surface area contributed by atoms with Gasteiger partial charge < -0.3 is 24.6 Å². The molecule has 1 aromatic carbocycles. The number of nitrogens with zero attached hydrogens (tertiary/aromatic N) is 2. The molecule has 1 N–H and O–H groups in total. The molecule has 3 rings (SSSR count). The molecular formula is C17H27N3O2. The monoisotopic (exact) mass is 305 g/mol. The van der Waals surface area contributed by atoms with Gasteiger partial charge in [0.1, 0.15) is 0 Å². The number of para-hydroxylation sites is 1. The molecule has 1 aromatic rings. The second-order valence-corrected chi connectivity index (χ2v) is 6.11. The molecule has 2 aliphatic rings. The number of likely N-dealkylation sites (N-methyl/N-ethyl adjacent to an activating group) is 1. The van der Waals surface area contributed by atoms with Crippen LogP contribution in [0.25, 0.3) is 0 Å². The van der Waals surface area contributed by atoms with Crippen LogP contribution < -0.4 is 10.2 Å². The SMILES string of the molecule is CN1CCOC(CNCc2ccccc2N2CCOCC2)C1. The van der Waals surface area contributed by atoms with Crippen LogP contribution in [0.3, 0.4) is 0 Å². The van der Waals surface area contributed by atoms with Gasteiger partial charge in [0.05, 0.1) is 25.9 Å². The number of ether oxygens (including phenoxy) is 2. The molecule has 0 spiro atoms. The second kappa shape index (κ2) is 7.92. The fraction of sp³-hybridized carbons (Fsp3) is 0.647. The van der Waals surface area contributed by atoms with E-state index in [1.165, 1.54) is 11.3 Å². The third kappa shape index (κ3) is 4.20. The summed E-state index contributed by atoms with van der Waals surface area (Å²) in [5.41, 5.74) is 2.69. The molecule has 22 heavy (non-hydrogen) atoms. The van der Waals surface area contributed by atoms with E-state index in [0.717, 1.165) is 59.1 Å². The number of hydrogen-bond donors (Lipinski definition) is 1. The minimum Gasteiger partial charge on any atom is -0.378 e. The smallest absolute Gasteiger partial charge is 0.0826 e. The number of benzene rings is 1. The van der Waals surface area contributed by atoms with Crippen LogP contribution in [0.15, 0.2) is 24.3 Å². The Morgan fingerprint density at radius 1 is 1.14 bits per heavy atom. The van der Waals surface area contributed by atoms with Gasteiger partial charge in [-0.3, -0.25) is 0 Å². The summed E-state index contributed by atoms with van der Waals surface area (Å²) in [6, 6.07) is 8.66. The van der Waals surface area contributed by atoms with Gasteiger partial charge in [0.25, 0.3) is 0 Å². The number of anilines is 1. The van der Waals surface area contributed by atoms with E-state index in [1.807, 2.05) is 0 Å². The normalized spacial score (nSPS) is 23.7. The molecule has 1 unspecified atom stereocenters. The quantitative estimate of drug-likeness (QED) is 0.876. The maximum absolute atomic E-state index is 5.80. The summed E-state index contributed by atoms with van der Waals surface area (Å²) in [5, 5.41) is 3.56. The highest BCUT2D eigenvalue weighted by Crippen LogP contribution is 2.21. The molecule has 122 valence electrons. The van der Waals surface area contributed by atoms with Crippen LogP contribution in [-0.2, 0) is 16.0 Å². The average Bonchev–Trinajstić information content (AvgIpc) is 2.56. The van der Waals surface area contributed by atoms with Crippen LogP contribution in [-0.4, -0.2) is 70.6 Å². The fourth-order valence-electron chi connectivity index (χ4n) is 3.13. The zero-order valence-electron chi connectivity index (χ0n) is 13.5. The summed E-state index contributed by atoms with van der Waals surface area (Å²) >= 11 is 0. The van der Waals surface area contributed by atoms with Gasteiger partial charge in [0.2, 0.25) is 0 Å². The van der Waals surface area contributed by atoms with Crippen LogP contribution in [0.5, 0.6) is 0 Å². The van der Waals surface area contributed by atoms with Crippen molar-refractivity contribution in [2.75, 3.05) is 64.5 Å². The van der Waals surface area contributed by atoms with Crippen molar-refractivity contribution in [1.29, 1.82) is 0 Å². The van der Waals surface area contributed by atoms with Crippen LogP contribution in [0, 0.1) is 0 Å². The molecule has 0 saturated carbocycles. The third-order valence-electron chi connectivity index (χ3n) is 4.37. The number of rotatable bonds is 5. The molecule has 5 heteroatoms. The van der Waals surface area contributed by atoms with Gasteiger partial charge in [-0.05, 0) is 18.7 Å². The minimum absolute atomic E-state index is 0.300. The van der Waals surface area contributed by atoms with E-state index in [-0.39, 0.29) is 0 Å². The van der Waals surface area contributed by atoms with E-state index < -0.39 is 0 Å². The number of hydrogen-bond acceptors (Lipinski definition) is 5. The number of nitrogens with one attached hydrogen (secondary N) is 1. The second-order valence-electron chi connectivity index (χ2n) is 6.11. The van der Waals surface area contributed by atoms with Gasteiger partial charge in [-0.1, -0.05) is 18.2 Å². The molecule has 2 heterocycles. The molecule has 0 amide bonds. The van der Waals surface area contributed by atoms with Gasteiger partial charge >= 0.3 is 0 Å². The first-order chi connectivity index (χ1) is 10.8. The summed E-state index contributed by atoms with van der Waals surface area (Å²) in [7, 11) is 2.16. The zero-order valence-corrected chi connectivity index (χ0v) is 13.5. The maximum Gasteiger partial charge on any atom is 0.0826 e. The summed E-state index contributed by atoms with van der Waals surface area (Å²) < 4.78 is 11.3.